The van der Waals surface area contributed by atoms with Crippen LogP contribution in [0.4, 0.5) is 0 Å². The van der Waals surface area contributed by atoms with E-state index in [0.29, 0.717) is 0 Å². The largest absolute Gasteiger partial charge is 0.268 e. The van der Waals surface area contributed by atoms with Gasteiger partial charge in [0, 0.05) is 24.4 Å². The molecule has 0 aliphatic rings. The molecule has 0 saturated heterocycles. The SMILES string of the molecule is C(#Cc1cccc(Cn2cccn2)c1)CCCc1ccccc1. The van der Waals surface area contributed by atoms with Gasteiger partial charge in [0.25, 0.3) is 0 Å². The molecule has 114 valence electrons. The van der Waals surface area contributed by atoms with Gasteiger partial charge < -0.3 is 0 Å². The molecule has 0 unspecified atom stereocenters. The fourth-order valence-corrected chi connectivity index (χ4v) is 2.52. The fourth-order valence-electron chi connectivity index (χ4n) is 2.52. The lowest BCUT2D eigenvalue weighted by Crippen LogP contribution is -1.99. The van der Waals surface area contributed by atoms with Crippen LogP contribution >= 0.6 is 0 Å². The van der Waals surface area contributed by atoms with Gasteiger partial charge in [-0.3, -0.25) is 4.68 Å². The molecule has 0 fully saturated rings. The first-order valence-corrected chi connectivity index (χ1v) is 7.99. The van der Waals surface area contributed by atoms with Gasteiger partial charge in [-0.1, -0.05) is 54.3 Å². The summed E-state index contributed by atoms with van der Waals surface area (Å²) in [6.07, 6.45) is 6.90. The van der Waals surface area contributed by atoms with Crippen LogP contribution in [-0.2, 0) is 13.0 Å². The summed E-state index contributed by atoms with van der Waals surface area (Å²) in [5.41, 5.74) is 3.69. The summed E-state index contributed by atoms with van der Waals surface area (Å²) < 4.78 is 1.92. The Morgan fingerprint density at radius 1 is 0.913 bits per heavy atom. The summed E-state index contributed by atoms with van der Waals surface area (Å²) in [5, 5.41) is 4.24. The Bertz CT molecular complexity index is 777. The van der Waals surface area contributed by atoms with E-state index >= 15 is 0 Å². The van der Waals surface area contributed by atoms with Crippen LogP contribution in [0.25, 0.3) is 0 Å². The van der Waals surface area contributed by atoms with Crippen molar-refractivity contribution < 1.29 is 0 Å². The summed E-state index contributed by atoms with van der Waals surface area (Å²) in [7, 11) is 0. The molecule has 0 bridgehead atoms. The maximum atomic E-state index is 4.24. The minimum Gasteiger partial charge on any atom is -0.268 e. The highest BCUT2D eigenvalue weighted by atomic mass is 15.3. The van der Waals surface area contributed by atoms with E-state index in [1.54, 1.807) is 6.20 Å². The first-order valence-electron chi connectivity index (χ1n) is 7.99. The minimum atomic E-state index is 0.788. The van der Waals surface area contributed by atoms with Crippen LogP contribution < -0.4 is 0 Å². The topological polar surface area (TPSA) is 17.8 Å². The summed E-state index contributed by atoms with van der Waals surface area (Å²) in [6.45, 7) is 0.788. The molecule has 0 amide bonds. The summed E-state index contributed by atoms with van der Waals surface area (Å²) in [6, 6.07) is 20.9. The molecule has 0 saturated carbocycles. The molecule has 0 radical (unpaired) electrons. The molecule has 0 N–H and O–H groups in total. The maximum absolute atomic E-state index is 4.24. The Labute approximate surface area is 137 Å². The number of nitrogens with zero attached hydrogens (tertiary/aromatic N) is 2. The maximum Gasteiger partial charge on any atom is 0.0659 e. The molecule has 2 nitrogen and oxygen atoms in total. The molecule has 0 atom stereocenters. The van der Waals surface area contributed by atoms with Crippen molar-refractivity contribution in [2.75, 3.05) is 0 Å². The number of aryl methyl sites for hydroxylation is 1. The zero-order valence-corrected chi connectivity index (χ0v) is 13.2. The molecule has 0 aliphatic carbocycles. The molecule has 3 rings (SSSR count). The second kappa shape index (κ2) is 8.00. The van der Waals surface area contributed by atoms with Gasteiger partial charge in [0.15, 0.2) is 0 Å². The molecule has 23 heavy (non-hydrogen) atoms. The number of rotatable bonds is 5. The van der Waals surface area contributed by atoms with Crippen molar-refractivity contribution in [3.63, 3.8) is 0 Å². The Hall–Kier alpha value is -2.79. The zero-order valence-electron chi connectivity index (χ0n) is 13.2. The molecular weight excluding hydrogens is 280 g/mol. The Balaban J connectivity index is 1.52. The highest BCUT2D eigenvalue weighted by molar-refractivity contribution is 5.37. The monoisotopic (exact) mass is 300 g/mol. The second-order valence-corrected chi connectivity index (χ2v) is 5.54. The van der Waals surface area contributed by atoms with Gasteiger partial charge in [0.05, 0.1) is 6.54 Å². The highest BCUT2D eigenvalue weighted by Crippen LogP contribution is 2.07. The number of hydrogen-bond acceptors (Lipinski definition) is 1. The van der Waals surface area contributed by atoms with Gasteiger partial charge in [-0.15, -0.1) is 0 Å². The van der Waals surface area contributed by atoms with Crippen LogP contribution in [0.3, 0.4) is 0 Å². The Kier molecular flexibility index (Phi) is 5.26. The number of benzene rings is 2. The second-order valence-electron chi connectivity index (χ2n) is 5.54. The van der Waals surface area contributed by atoms with E-state index in [2.05, 4.69) is 71.5 Å². The predicted octanol–water partition coefficient (Wildman–Crippen LogP) is 4.31. The number of aromatic nitrogens is 2. The molecule has 1 aromatic heterocycles. The van der Waals surface area contributed by atoms with Crippen LogP contribution in [-0.4, -0.2) is 9.78 Å². The lowest BCUT2D eigenvalue weighted by molar-refractivity contribution is 0.687. The van der Waals surface area contributed by atoms with Crippen molar-refractivity contribution in [3.05, 3.63) is 89.7 Å². The van der Waals surface area contributed by atoms with Gasteiger partial charge >= 0.3 is 0 Å². The smallest absolute Gasteiger partial charge is 0.0659 e. The standard InChI is InChI=1S/C21H20N2/c1-3-9-19(10-4-1)11-5-2-6-12-20-13-7-14-21(17-20)18-23-16-8-15-22-23/h1,3-4,7-10,13-17H,2,5,11,18H2. The van der Waals surface area contributed by atoms with Gasteiger partial charge in [0.1, 0.15) is 0 Å². The third-order valence-corrected chi connectivity index (χ3v) is 3.67. The van der Waals surface area contributed by atoms with E-state index in [0.717, 1.165) is 31.4 Å². The van der Waals surface area contributed by atoms with Crippen molar-refractivity contribution >= 4 is 0 Å². The molecule has 0 spiro atoms. The van der Waals surface area contributed by atoms with Gasteiger partial charge in [-0.2, -0.15) is 5.10 Å². The highest BCUT2D eigenvalue weighted by Gasteiger charge is 1.96. The van der Waals surface area contributed by atoms with Crippen LogP contribution in [0, 0.1) is 11.8 Å². The van der Waals surface area contributed by atoms with E-state index < -0.39 is 0 Å². The molecule has 2 aromatic carbocycles. The number of hydrogen-bond donors (Lipinski definition) is 0. The first kappa shape index (κ1) is 15.1. The van der Waals surface area contributed by atoms with Crippen molar-refractivity contribution in [3.8, 4) is 11.8 Å². The molecular formula is C21H20N2. The lowest BCUT2D eigenvalue weighted by Gasteiger charge is -2.02. The van der Waals surface area contributed by atoms with Crippen LogP contribution in [0.2, 0.25) is 0 Å². The summed E-state index contributed by atoms with van der Waals surface area (Å²) in [5.74, 6) is 6.56. The van der Waals surface area contributed by atoms with Crippen LogP contribution in [0.5, 0.6) is 0 Å². The van der Waals surface area contributed by atoms with Crippen LogP contribution in [0.15, 0.2) is 73.1 Å². The van der Waals surface area contributed by atoms with Gasteiger partial charge in [-0.25, -0.2) is 0 Å². The van der Waals surface area contributed by atoms with E-state index in [-0.39, 0.29) is 0 Å². The van der Waals surface area contributed by atoms with Crippen LogP contribution in [0.1, 0.15) is 29.5 Å². The van der Waals surface area contributed by atoms with E-state index in [1.807, 2.05) is 16.9 Å². The van der Waals surface area contributed by atoms with Crippen molar-refractivity contribution in [2.24, 2.45) is 0 Å². The van der Waals surface area contributed by atoms with Gasteiger partial charge in [-0.05, 0) is 42.2 Å². The molecule has 1 heterocycles. The van der Waals surface area contributed by atoms with Gasteiger partial charge in [0.2, 0.25) is 0 Å². The average molecular weight is 300 g/mol. The van der Waals surface area contributed by atoms with Crippen molar-refractivity contribution in [1.82, 2.24) is 9.78 Å². The van der Waals surface area contributed by atoms with E-state index in [9.17, 15) is 0 Å². The Morgan fingerprint density at radius 3 is 2.61 bits per heavy atom. The lowest BCUT2D eigenvalue weighted by atomic mass is 10.1. The van der Waals surface area contributed by atoms with E-state index in [4.69, 9.17) is 0 Å². The fraction of sp³-hybridized carbons (Fsp3) is 0.190. The molecule has 0 aliphatic heterocycles. The predicted molar refractivity (Wildman–Crippen MR) is 94.0 cm³/mol. The zero-order chi connectivity index (χ0) is 15.7. The van der Waals surface area contributed by atoms with E-state index in [1.165, 1.54) is 11.1 Å². The summed E-state index contributed by atoms with van der Waals surface area (Å²) in [4.78, 5) is 0. The minimum absolute atomic E-state index is 0.788. The van der Waals surface area contributed by atoms with Crippen molar-refractivity contribution in [2.45, 2.75) is 25.8 Å². The molecule has 3 aromatic rings. The normalized spacial score (nSPS) is 10.1. The number of unbranched alkanes of at least 4 members (excludes halogenated alkanes) is 1. The third-order valence-electron chi connectivity index (χ3n) is 3.67. The van der Waals surface area contributed by atoms with Crippen molar-refractivity contribution in [1.29, 1.82) is 0 Å². The Morgan fingerprint density at radius 2 is 1.78 bits per heavy atom. The third kappa shape index (κ3) is 4.86. The first-order chi connectivity index (χ1) is 11.4. The molecule has 2 heteroatoms. The average Bonchev–Trinajstić information content (AvgIpc) is 3.09. The summed E-state index contributed by atoms with van der Waals surface area (Å²) >= 11 is 0. The quantitative estimate of drug-likeness (QED) is 0.507.